The quantitative estimate of drug-likeness (QED) is 0.716. The van der Waals surface area contributed by atoms with Crippen LogP contribution in [0.3, 0.4) is 0 Å². The van der Waals surface area contributed by atoms with Gasteiger partial charge in [0, 0.05) is 11.6 Å². The largest absolute Gasteiger partial charge is 0.316 e. The third kappa shape index (κ3) is 2.78. The number of hydrogen-bond donors (Lipinski definition) is 0. The molecule has 0 radical (unpaired) electrons. The van der Waals surface area contributed by atoms with E-state index in [1.165, 1.54) is 11.3 Å². The van der Waals surface area contributed by atoms with E-state index in [0.29, 0.717) is 16.4 Å². The molecular formula is C13H11ClN2O2S3. The predicted molar refractivity (Wildman–Crippen MR) is 87.6 cm³/mol. The van der Waals surface area contributed by atoms with Crippen LogP contribution in [0.1, 0.15) is 6.92 Å². The minimum Gasteiger partial charge on any atom is -0.316 e. The highest BCUT2D eigenvalue weighted by Gasteiger charge is 2.15. The van der Waals surface area contributed by atoms with Gasteiger partial charge in [-0.25, -0.2) is 0 Å². The molecule has 0 amide bonds. The van der Waals surface area contributed by atoms with E-state index >= 15 is 0 Å². The molecule has 3 aromatic rings. The van der Waals surface area contributed by atoms with Crippen molar-refractivity contribution in [1.29, 1.82) is 0 Å². The molecule has 0 fully saturated rings. The number of hydrogen-bond acceptors (Lipinski definition) is 4. The van der Waals surface area contributed by atoms with Gasteiger partial charge in [-0.15, -0.1) is 15.7 Å². The maximum Gasteiger partial charge on any atom is 0.294 e. The van der Waals surface area contributed by atoms with Crippen LogP contribution in [0.15, 0.2) is 44.3 Å². The highest BCUT2D eigenvalue weighted by atomic mass is 35.5. The van der Waals surface area contributed by atoms with Crippen molar-refractivity contribution < 1.29 is 8.42 Å². The lowest BCUT2D eigenvalue weighted by molar-refractivity contribution is 0.597. The van der Waals surface area contributed by atoms with Crippen LogP contribution >= 0.6 is 34.3 Å². The molecule has 110 valence electrons. The molecule has 1 aromatic carbocycles. The van der Waals surface area contributed by atoms with Crippen LogP contribution in [-0.2, 0) is 16.6 Å². The first-order valence-corrected chi connectivity index (χ1v) is 9.66. The predicted octanol–water partition coefficient (Wildman–Crippen LogP) is 3.73. The summed E-state index contributed by atoms with van der Waals surface area (Å²) in [6.45, 7) is 2.60. The summed E-state index contributed by atoms with van der Waals surface area (Å²) in [5.74, 6) is 0. The van der Waals surface area contributed by atoms with E-state index in [0.717, 1.165) is 21.6 Å². The Hall–Kier alpha value is -1.15. The lowest BCUT2D eigenvalue weighted by atomic mass is 10.3. The van der Waals surface area contributed by atoms with Gasteiger partial charge in [0.25, 0.3) is 10.0 Å². The van der Waals surface area contributed by atoms with Gasteiger partial charge in [0.15, 0.2) is 0 Å². The molecule has 0 N–H and O–H groups in total. The van der Waals surface area contributed by atoms with Crippen LogP contribution in [0.25, 0.3) is 10.2 Å². The number of rotatable bonds is 3. The molecule has 0 aliphatic rings. The van der Waals surface area contributed by atoms with Gasteiger partial charge in [-0.1, -0.05) is 29.0 Å². The lowest BCUT2D eigenvalue weighted by Gasteiger charge is -2.00. The Morgan fingerprint density at radius 1 is 1.33 bits per heavy atom. The summed E-state index contributed by atoms with van der Waals surface area (Å²) in [6.07, 6.45) is 0. The molecule has 0 aliphatic carbocycles. The number of thiazole rings is 1. The third-order valence-electron chi connectivity index (χ3n) is 2.91. The number of nitrogens with zero attached hydrogens (tertiary/aromatic N) is 2. The second kappa shape index (κ2) is 5.57. The first kappa shape index (κ1) is 14.8. The van der Waals surface area contributed by atoms with E-state index in [-0.39, 0.29) is 4.21 Å². The molecule has 0 saturated carbocycles. The number of benzene rings is 1. The Morgan fingerprint density at radius 2 is 2.14 bits per heavy atom. The SMILES string of the molecule is CCn1c(=NS(=O)(=O)c2cccs2)sc2cc(Cl)ccc21. The molecular weight excluding hydrogens is 348 g/mol. The lowest BCUT2D eigenvalue weighted by Crippen LogP contribution is -2.15. The second-order valence-corrected chi connectivity index (χ2v) is 8.46. The maximum atomic E-state index is 12.3. The Bertz CT molecular complexity index is 953. The van der Waals surface area contributed by atoms with E-state index in [2.05, 4.69) is 4.40 Å². The standard InChI is InChI=1S/C13H11ClN2O2S3/c1-2-16-10-6-5-9(14)8-11(10)20-13(16)15-21(17,18)12-4-3-7-19-12/h3-8H,2H2,1H3. The Morgan fingerprint density at radius 3 is 2.81 bits per heavy atom. The van der Waals surface area contributed by atoms with Crippen molar-refractivity contribution in [3.8, 4) is 0 Å². The van der Waals surface area contributed by atoms with Crippen LogP contribution in [0.4, 0.5) is 0 Å². The Kier molecular flexibility index (Phi) is 3.92. The van der Waals surface area contributed by atoms with Crippen molar-refractivity contribution in [1.82, 2.24) is 4.57 Å². The number of halogens is 1. The van der Waals surface area contributed by atoms with Crippen molar-refractivity contribution in [2.75, 3.05) is 0 Å². The smallest absolute Gasteiger partial charge is 0.294 e. The molecule has 8 heteroatoms. The number of fused-ring (bicyclic) bond motifs is 1. The number of sulfonamides is 1. The number of aromatic nitrogens is 1. The Balaban J connectivity index is 2.27. The van der Waals surface area contributed by atoms with E-state index < -0.39 is 10.0 Å². The molecule has 3 rings (SSSR count). The van der Waals surface area contributed by atoms with Crippen LogP contribution in [0, 0.1) is 0 Å². The minimum atomic E-state index is -3.66. The average molecular weight is 359 g/mol. The molecule has 0 spiro atoms. The van der Waals surface area contributed by atoms with Gasteiger partial charge in [0.2, 0.25) is 4.80 Å². The zero-order valence-electron chi connectivity index (χ0n) is 11.0. The molecule has 0 saturated heterocycles. The molecule has 0 bridgehead atoms. The fourth-order valence-corrected chi connectivity index (χ4v) is 5.52. The summed E-state index contributed by atoms with van der Waals surface area (Å²) in [5, 5.41) is 2.35. The highest BCUT2D eigenvalue weighted by molar-refractivity contribution is 7.92. The van der Waals surface area contributed by atoms with Crippen LogP contribution in [0.2, 0.25) is 5.02 Å². The normalized spacial score (nSPS) is 13.1. The van der Waals surface area contributed by atoms with Crippen molar-refractivity contribution in [3.63, 3.8) is 0 Å². The first-order chi connectivity index (χ1) is 10.0. The average Bonchev–Trinajstić information content (AvgIpc) is 3.04. The van der Waals surface area contributed by atoms with Gasteiger partial charge >= 0.3 is 0 Å². The zero-order valence-corrected chi connectivity index (χ0v) is 14.2. The number of thiophene rings is 1. The van der Waals surface area contributed by atoms with E-state index in [1.807, 2.05) is 23.6 Å². The van der Waals surface area contributed by atoms with Crippen molar-refractivity contribution in [2.24, 2.45) is 4.40 Å². The molecule has 0 unspecified atom stereocenters. The third-order valence-corrected chi connectivity index (χ3v) is 6.94. The van der Waals surface area contributed by atoms with Gasteiger partial charge in [-0.3, -0.25) is 0 Å². The van der Waals surface area contributed by atoms with E-state index in [1.54, 1.807) is 23.6 Å². The highest BCUT2D eigenvalue weighted by Crippen LogP contribution is 2.23. The zero-order chi connectivity index (χ0) is 15.0. The Labute approximate surface area is 135 Å². The van der Waals surface area contributed by atoms with Crippen molar-refractivity contribution in [2.45, 2.75) is 17.7 Å². The van der Waals surface area contributed by atoms with Gasteiger partial charge in [0.05, 0.1) is 10.2 Å². The van der Waals surface area contributed by atoms with Crippen molar-refractivity contribution >= 4 is 54.5 Å². The van der Waals surface area contributed by atoms with Gasteiger partial charge < -0.3 is 4.57 Å². The molecule has 0 atom stereocenters. The summed E-state index contributed by atoms with van der Waals surface area (Å²) < 4.78 is 31.6. The minimum absolute atomic E-state index is 0.251. The van der Waals surface area contributed by atoms with Crippen LogP contribution in [-0.4, -0.2) is 13.0 Å². The van der Waals surface area contributed by atoms with E-state index in [9.17, 15) is 8.42 Å². The number of aryl methyl sites for hydroxylation is 1. The van der Waals surface area contributed by atoms with Crippen LogP contribution in [0.5, 0.6) is 0 Å². The van der Waals surface area contributed by atoms with Gasteiger partial charge in [-0.05, 0) is 36.6 Å². The summed E-state index contributed by atoms with van der Waals surface area (Å²) in [7, 11) is -3.66. The molecule has 0 aliphatic heterocycles. The van der Waals surface area contributed by atoms with Gasteiger partial charge in [-0.2, -0.15) is 8.42 Å². The summed E-state index contributed by atoms with van der Waals surface area (Å²) in [6, 6.07) is 8.76. The fourth-order valence-electron chi connectivity index (χ4n) is 1.98. The molecule has 21 heavy (non-hydrogen) atoms. The van der Waals surface area contributed by atoms with E-state index in [4.69, 9.17) is 11.6 Å². The summed E-state index contributed by atoms with van der Waals surface area (Å²) in [5.41, 5.74) is 0.937. The monoisotopic (exact) mass is 358 g/mol. The summed E-state index contributed by atoms with van der Waals surface area (Å²) in [4.78, 5) is 0.461. The molecule has 2 aromatic heterocycles. The van der Waals surface area contributed by atoms with Gasteiger partial charge in [0.1, 0.15) is 4.21 Å². The fraction of sp³-hybridized carbons (Fsp3) is 0.154. The van der Waals surface area contributed by atoms with Crippen molar-refractivity contribution in [3.05, 3.63) is 45.5 Å². The maximum absolute atomic E-state index is 12.3. The first-order valence-electron chi connectivity index (χ1n) is 6.14. The topological polar surface area (TPSA) is 51.4 Å². The summed E-state index contributed by atoms with van der Waals surface area (Å²) >= 11 is 8.48. The molecule has 4 nitrogen and oxygen atoms in total. The second-order valence-electron chi connectivity index (χ2n) is 4.24. The molecule has 2 heterocycles. The van der Waals surface area contributed by atoms with Crippen LogP contribution < -0.4 is 4.80 Å².